The Morgan fingerprint density at radius 1 is 0.957 bits per heavy atom. The molecule has 23 heavy (non-hydrogen) atoms. The largest absolute Gasteiger partial charge is 0.472 e. The van der Waals surface area contributed by atoms with Crippen LogP contribution in [0.15, 0.2) is 18.2 Å². The number of rotatable bonds is 1. The maximum absolute atomic E-state index is 12.7. The van der Waals surface area contributed by atoms with Crippen molar-refractivity contribution in [3.63, 3.8) is 0 Å². The SMILES string of the molecule is Cc1cccc2c(C(=O)C(F)(F)F)c(C)n(C(=O)C(F)(F)F)c12. The summed E-state index contributed by atoms with van der Waals surface area (Å²) in [5.41, 5.74) is -1.86. The molecule has 0 aliphatic heterocycles. The highest BCUT2D eigenvalue weighted by atomic mass is 19.4. The summed E-state index contributed by atoms with van der Waals surface area (Å²) in [6.07, 6.45) is -10.6. The number of aryl methyl sites for hydroxylation is 1. The Bertz CT molecular complexity index is 813. The molecular formula is C14H9F6NO2. The second-order valence-corrected chi connectivity index (χ2v) is 4.90. The van der Waals surface area contributed by atoms with Gasteiger partial charge in [-0.3, -0.25) is 14.2 Å². The number of hydrogen-bond donors (Lipinski definition) is 0. The smallest absolute Gasteiger partial charge is 0.284 e. The molecule has 0 bridgehead atoms. The minimum atomic E-state index is -5.29. The fourth-order valence-corrected chi connectivity index (χ4v) is 2.44. The molecule has 1 aromatic carbocycles. The van der Waals surface area contributed by atoms with Gasteiger partial charge in [-0.2, -0.15) is 26.3 Å². The van der Waals surface area contributed by atoms with Crippen LogP contribution in [0.5, 0.6) is 0 Å². The molecule has 1 aromatic heterocycles. The molecule has 0 saturated carbocycles. The summed E-state index contributed by atoms with van der Waals surface area (Å²) in [5, 5.41) is -0.345. The first-order chi connectivity index (χ1) is 10.4. The van der Waals surface area contributed by atoms with Gasteiger partial charge in [0.15, 0.2) is 0 Å². The third kappa shape index (κ3) is 2.71. The Kier molecular flexibility index (Phi) is 3.78. The van der Waals surface area contributed by atoms with Crippen LogP contribution in [0.4, 0.5) is 26.3 Å². The van der Waals surface area contributed by atoms with Gasteiger partial charge in [-0.1, -0.05) is 18.2 Å². The number of halogens is 6. The van der Waals surface area contributed by atoms with Crippen molar-refractivity contribution in [2.45, 2.75) is 26.2 Å². The third-order valence-corrected chi connectivity index (χ3v) is 3.36. The van der Waals surface area contributed by atoms with Crippen molar-refractivity contribution in [1.82, 2.24) is 4.57 Å². The number of aromatic nitrogens is 1. The molecule has 2 rings (SSSR count). The summed E-state index contributed by atoms with van der Waals surface area (Å²) in [7, 11) is 0. The average Bonchev–Trinajstić information content (AvgIpc) is 2.68. The molecule has 3 nitrogen and oxygen atoms in total. The number of carbonyl (C=O) groups is 2. The van der Waals surface area contributed by atoms with Gasteiger partial charge in [-0.25, -0.2) is 0 Å². The van der Waals surface area contributed by atoms with E-state index in [0.717, 1.165) is 13.0 Å². The first-order valence-electron chi connectivity index (χ1n) is 6.21. The van der Waals surface area contributed by atoms with Crippen molar-refractivity contribution >= 4 is 22.6 Å². The highest BCUT2D eigenvalue weighted by molar-refractivity contribution is 6.14. The van der Waals surface area contributed by atoms with E-state index in [1.165, 1.54) is 19.1 Å². The van der Waals surface area contributed by atoms with E-state index in [4.69, 9.17) is 0 Å². The fourth-order valence-electron chi connectivity index (χ4n) is 2.44. The third-order valence-electron chi connectivity index (χ3n) is 3.36. The first-order valence-corrected chi connectivity index (χ1v) is 6.21. The van der Waals surface area contributed by atoms with Crippen LogP contribution < -0.4 is 0 Å². The molecule has 0 fully saturated rings. The normalized spacial score (nSPS) is 12.7. The summed E-state index contributed by atoms with van der Waals surface area (Å²) in [5.74, 6) is -4.64. The maximum atomic E-state index is 12.7. The predicted molar refractivity (Wildman–Crippen MR) is 68.5 cm³/mol. The van der Waals surface area contributed by atoms with E-state index in [9.17, 15) is 35.9 Å². The van der Waals surface area contributed by atoms with Gasteiger partial charge in [0, 0.05) is 11.1 Å². The monoisotopic (exact) mass is 337 g/mol. The van der Waals surface area contributed by atoms with E-state index in [-0.39, 0.29) is 21.0 Å². The van der Waals surface area contributed by atoms with Crippen LogP contribution >= 0.6 is 0 Å². The molecule has 1 heterocycles. The molecule has 9 heteroatoms. The molecular weight excluding hydrogens is 328 g/mol. The van der Waals surface area contributed by atoms with Crippen LogP contribution in [0.25, 0.3) is 10.9 Å². The highest BCUT2D eigenvalue weighted by Gasteiger charge is 2.46. The lowest BCUT2D eigenvalue weighted by atomic mass is 10.0. The zero-order valence-electron chi connectivity index (χ0n) is 11.8. The molecule has 0 N–H and O–H groups in total. The zero-order chi connectivity index (χ0) is 17.7. The maximum Gasteiger partial charge on any atom is 0.472 e. The van der Waals surface area contributed by atoms with E-state index < -0.39 is 35.3 Å². The summed E-state index contributed by atoms with van der Waals surface area (Å²) in [6, 6.07) is 3.71. The highest BCUT2D eigenvalue weighted by Crippen LogP contribution is 2.34. The van der Waals surface area contributed by atoms with Crippen molar-refractivity contribution < 1.29 is 35.9 Å². The van der Waals surface area contributed by atoms with Gasteiger partial charge in [-0.15, -0.1) is 0 Å². The zero-order valence-corrected chi connectivity index (χ0v) is 11.8. The number of alkyl halides is 6. The van der Waals surface area contributed by atoms with Gasteiger partial charge in [-0.05, 0) is 19.4 Å². The Hall–Kier alpha value is -2.32. The Morgan fingerprint density at radius 2 is 1.52 bits per heavy atom. The molecule has 0 radical (unpaired) electrons. The fraction of sp³-hybridized carbons (Fsp3) is 0.286. The molecule has 0 amide bonds. The number of para-hydroxylation sites is 1. The molecule has 0 aliphatic rings. The van der Waals surface area contributed by atoms with Gasteiger partial charge in [0.1, 0.15) is 0 Å². The molecule has 0 aliphatic carbocycles. The number of fused-ring (bicyclic) bond motifs is 1. The van der Waals surface area contributed by atoms with Crippen molar-refractivity contribution in [2.24, 2.45) is 0 Å². The average molecular weight is 337 g/mol. The van der Waals surface area contributed by atoms with Crippen LogP contribution in [0, 0.1) is 13.8 Å². The number of ketones is 1. The van der Waals surface area contributed by atoms with E-state index in [2.05, 4.69) is 0 Å². The Morgan fingerprint density at radius 3 is 2.00 bits per heavy atom. The van der Waals surface area contributed by atoms with Crippen LogP contribution in [-0.2, 0) is 0 Å². The second kappa shape index (κ2) is 5.10. The predicted octanol–water partition coefficient (Wildman–Crippen LogP) is 4.21. The first kappa shape index (κ1) is 17.0. The van der Waals surface area contributed by atoms with Gasteiger partial charge < -0.3 is 0 Å². The quantitative estimate of drug-likeness (QED) is 0.578. The number of carbonyl (C=O) groups excluding carboxylic acids is 2. The lowest BCUT2D eigenvalue weighted by molar-refractivity contribution is -0.0944. The lowest BCUT2D eigenvalue weighted by Crippen LogP contribution is -2.30. The van der Waals surface area contributed by atoms with Gasteiger partial charge in [0.2, 0.25) is 0 Å². The van der Waals surface area contributed by atoms with Crippen molar-refractivity contribution in [2.75, 3.05) is 0 Å². The van der Waals surface area contributed by atoms with Gasteiger partial charge in [0.25, 0.3) is 5.78 Å². The van der Waals surface area contributed by atoms with Crippen molar-refractivity contribution in [3.05, 3.63) is 35.0 Å². The molecule has 0 spiro atoms. The number of nitrogens with zero attached hydrogens (tertiary/aromatic N) is 1. The van der Waals surface area contributed by atoms with Crippen LogP contribution in [0.1, 0.15) is 26.4 Å². The molecule has 2 aromatic rings. The van der Waals surface area contributed by atoms with Crippen molar-refractivity contribution in [1.29, 1.82) is 0 Å². The number of benzene rings is 1. The van der Waals surface area contributed by atoms with Crippen LogP contribution in [-0.4, -0.2) is 28.6 Å². The van der Waals surface area contributed by atoms with Crippen LogP contribution in [0.2, 0.25) is 0 Å². The topological polar surface area (TPSA) is 39.1 Å². The lowest BCUT2D eigenvalue weighted by Gasteiger charge is -2.11. The standard InChI is InChI=1S/C14H9F6NO2/c1-6-4-3-5-8-9(11(22)13(15,16)17)7(2)21(10(6)8)12(23)14(18,19)20/h3-5H,1-2H3. The van der Waals surface area contributed by atoms with E-state index in [1.807, 2.05) is 0 Å². The van der Waals surface area contributed by atoms with Crippen molar-refractivity contribution in [3.8, 4) is 0 Å². The van der Waals surface area contributed by atoms with Gasteiger partial charge in [0.05, 0.1) is 11.1 Å². The molecule has 0 saturated heterocycles. The minimum absolute atomic E-state index is 0.115. The summed E-state index contributed by atoms with van der Waals surface area (Å²) < 4.78 is 76.5. The van der Waals surface area contributed by atoms with Crippen LogP contribution in [0.3, 0.4) is 0 Å². The molecule has 0 atom stereocenters. The molecule has 0 unspecified atom stereocenters. The molecule has 124 valence electrons. The minimum Gasteiger partial charge on any atom is -0.284 e. The Balaban J connectivity index is 2.93. The summed E-state index contributed by atoms with van der Waals surface area (Å²) in [6.45, 7) is 2.21. The van der Waals surface area contributed by atoms with E-state index in [0.29, 0.717) is 0 Å². The summed E-state index contributed by atoms with van der Waals surface area (Å²) in [4.78, 5) is 23.2. The van der Waals surface area contributed by atoms with Gasteiger partial charge >= 0.3 is 18.3 Å². The van der Waals surface area contributed by atoms with E-state index in [1.54, 1.807) is 0 Å². The second-order valence-electron chi connectivity index (χ2n) is 4.90. The summed E-state index contributed by atoms with van der Waals surface area (Å²) >= 11 is 0. The Labute approximate surface area is 125 Å². The number of hydrogen-bond acceptors (Lipinski definition) is 2. The van der Waals surface area contributed by atoms with E-state index >= 15 is 0 Å². The number of Topliss-reactive ketones (excluding diaryl/α,β-unsaturated/α-hetero) is 1.